The zero-order valence-corrected chi connectivity index (χ0v) is 13.5. The summed E-state index contributed by atoms with van der Waals surface area (Å²) in [5, 5.41) is 3.56. The summed E-state index contributed by atoms with van der Waals surface area (Å²) in [6.07, 6.45) is 0.464. The van der Waals surface area contributed by atoms with E-state index in [0.717, 1.165) is 28.1 Å². The predicted octanol–water partition coefficient (Wildman–Crippen LogP) is 4.36. The van der Waals surface area contributed by atoms with Gasteiger partial charge in [0.15, 0.2) is 0 Å². The minimum Gasteiger partial charge on any atom is -0.369 e. The first-order valence-electron chi connectivity index (χ1n) is 6.22. The molecule has 20 heavy (non-hydrogen) atoms. The Bertz CT molecular complexity index is 634. The van der Waals surface area contributed by atoms with Crippen molar-refractivity contribution in [3.05, 3.63) is 50.6 Å². The summed E-state index contributed by atoms with van der Waals surface area (Å²) < 4.78 is 13.9. The molecule has 0 amide bonds. The Kier molecular flexibility index (Phi) is 4.94. The predicted molar refractivity (Wildman–Crippen MR) is 82.8 cm³/mol. The molecule has 106 valence electrons. The van der Waals surface area contributed by atoms with Crippen LogP contribution >= 0.6 is 27.5 Å². The SMILES string of the molecule is CCNc1nc(Cc2ccc(F)cc2Cl)nc(C)c1Br. The molecule has 1 aromatic carbocycles. The fourth-order valence-electron chi connectivity index (χ4n) is 1.82. The van der Waals surface area contributed by atoms with E-state index < -0.39 is 0 Å². The Labute approximate surface area is 130 Å². The molecule has 0 spiro atoms. The number of nitrogens with one attached hydrogen (secondary N) is 1. The molecule has 1 heterocycles. The largest absolute Gasteiger partial charge is 0.369 e. The van der Waals surface area contributed by atoms with Crippen LogP contribution in [0.2, 0.25) is 5.02 Å². The lowest BCUT2D eigenvalue weighted by Crippen LogP contribution is -2.07. The van der Waals surface area contributed by atoms with Crippen LogP contribution in [0, 0.1) is 12.7 Å². The molecule has 0 aliphatic carbocycles. The number of aromatic nitrogens is 2. The molecule has 0 aliphatic rings. The fraction of sp³-hybridized carbons (Fsp3) is 0.286. The summed E-state index contributed by atoms with van der Waals surface area (Å²) >= 11 is 9.49. The number of nitrogens with zero attached hydrogens (tertiary/aromatic N) is 2. The van der Waals surface area contributed by atoms with Crippen molar-refractivity contribution in [2.24, 2.45) is 0 Å². The van der Waals surface area contributed by atoms with Crippen LogP contribution in [0.3, 0.4) is 0 Å². The van der Waals surface area contributed by atoms with Crippen molar-refractivity contribution in [2.45, 2.75) is 20.3 Å². The lowest BCUT2D eigenvalue weighted by atomic mass is 10.1. The first-order chi connectivity index (χ1) is 9.51. The summed E-state index contributed by atoms with van der Waals surface area (Å²) in [5.41, 5.74) is 1.65. The van der Waals surface area contributed by atoms with E-state index in [1.165, 1.54) is 12.1 Å². The standard InChI is InChI=1S/C14H14BrClFN3/c1-3-18-14-13(15)8(2)19-12(20-14)6-9-4-5-10(17)7-11(9)16/h4-5,7H,3,6H2,1-2H3,(H,18,19,20). The number of rotatable bonds is 4. The van der Waals surface area contributed by atoms with E-state index in [2.05, 4.69) is 31.2 Å². The van der Waals surface area contributed by atoms with Gasteiger partial charge in [0.1, 0.15) is 17.5 Å². The molecule has 0 radical (unpaired) electrons. The average molecular weight is 359 g/mol. The van der Waals surface area contributed by atoms with E-state index in [4.69, 9.17) is 11.6 Å². The van der Waals surface area contributed by atoms with E-state index in [1.54, 1.807) is 6.07 Å². The molecular weight excluding hydrogens is 345 g/mol. The maximum absolute atomic E-state index is 13.0. The lowest BCUT2D eigenvalue weighted by Gasteiger charge is -2.10. The molecule has 2 rings (SSSR count). The van der Waals surface area contributed by atoms with Crippen molar-refractivity contribution in [3.8, 4) is 0 Å². The van der Waals surface area contributed by atoms with Crippen molar-refractivity contribution < 1.29 is 4.39 Å². The molecular formula is C14H14BrClFN3. The van der Waals surface area contributed by atoms with E-state index in [0.29, 0.717) is 17.3 Å². The van der Waals surface area contributed by atoms with Gasteiger partial charge >= 0.3 is 0 Å². The van der Waals surface area contributed by atoms with Crippen molar-refractivity contribution >= 4 is 33.3 Å². The molecule has 1 N–H and O–H groups in total. The van der Waals surface area contributed by atoms with Gasteiger partial charge in [-0.15, -0.1) is 0 Å². The van der Waals surface area contributed by atoms with Gasteiger partial charge in [0.05, 0.1) is 10.2 Å². The van der Waals surface area contributed by atoms with E-state index in [-0.39, 0.29) is 5.82 Å². The highest BCUT2D eigenvalue weighted by atomic mass is 79.9. The highest BCUT2D eigenvalue weighted by Gasteiger charge is 2.11. The number of hydrogen-bond acceptors (Lipinski definition) is 3. The van der Waals surface area contributed by atoms with Crippen LogP contribution in [0.25, 0.3) is 0 Å². The van der Waals surface area contributed by atoms with E-state index in [9.17, 15) is 4.39 Å². The molecule has 3 nitrogen and oxygen atoms in total. The molecule has 0 saturated heterocycles. The Morgan fingerprint density at radius 3 is 2.75 bits per heavy atom. The van der Waals surface area contributed by atoms with Gasteiger partial charge in [0, 0.05) is 18.0 Å². The van der Waals surface area contributed by atoms with Gasteiger partial charge in [0.2, 0.25) is 0 Å². The van der Waals surface area contributed by atoms with Crippen LogP contribution in [0.4, 0.5) is 10.2 Å². The maximum atomic E-state index is 13.0. The number of anilines is 1. The Morgan fingerprint density at radius 2 is 2.10 bits per heavy atom. The summed E-state index contributed by atoms with van der Waals surface area (Å²) in [6.45, 7) is 4.68. The summed E-state index contributed by atoms with van der Waals surface area (Å²) in [4.78, 5) is 8.88. The fourth-order valence-corrected chi connectivity index (χ4v) is 2.37. The molecule has 1 aromatic heterocycles. The van der Waals surface area contributed by atoms with E-state index >= 15 is 0 Å². The Balaban J connectivity index is 2.33. The van der Waals surface area contributed by atoms with Crippen molar-refractivity contribution in [3.63, 3.8) is 0 Å². The van der Waals surface area contributed by atoms with Crippen LogP contribution in [-0.2, 0) is 6.42 Å². The Hall–Kier alpha value is -1.20. The van der Waals surface area contributed by atoms with E-state index in [1.807, 2.05) is 13.8 Å². The molecule has 6 heteroatoms. The van der Waals surface area contributed by atoms with Crippen LogP contribution in [0.1, 0.15) is 24.0 Å². The number of aryl methyl sites for hydroxylation is 1. The number of benzene rings is 1. The van der Waals surface area contributed by atoms with Crippen LogP contribution in [-0.4, -0.2) is 16.5 Å². The van der Waals surface area contributed by atoms with Crippen LogP contribution in [0.15, 0.2) is 22.7 Å². The third-order valence-corrected chi connectivity index (χ3v) is 4.07. The molecule has 0 atom stereocenters. The molecule has 0 bridgehead atoms. The molecule has 2 aromatic rings. The molecule has 0 saturated carbocycles. The Morgan fingerprint density at radius 1 is 1.35 bits per heavy atom. The average Bonchev–Trinajstić information content (AvgIpc) is 2.39. The van der Waals surface area contributed by atoms with Gasteiger partial charge in [-0.05, 0) is 47.5 Å². The first-order valence-corrected chi connectivity index (χ1v) is 7.39. The van der Waals surface area contributed by atoms with Gasteiger partial charge < -0.3 is 5.32 Å². The third kappa shape index (κ3) is 3.46. The summed E-state index contributed by atoms with van der Waals surface area (Å²) in [5.74, 6) is 1.06. The van der Waals surface area contributed by atoms with Gasteiger partial charge in [-0.3, -0.25) is 0 Å². The highest BCUT2D eigenvalue weighted by Crippen LogP contribution is 2.25. The minimum atomic E-state index is -0.347. The maximum Gasteiger partial charge on any atom is 0.144 e. The van der Waals surface area contributed by atoms with Crippen molar-refractivity contribution in [1.82, 2.24) is 9.97 Å². The van der Waals surface area contributed by atoms with Gasteiger partial charge in [0.25, 0.3) is 0 Å². The van der Waals surface area contributed by atoms with Crippen LogP contribution < -0.4 is 5.32 Å². The lowest BCUT2D eigenvalue weighted by molar-refractivity contribution is 0.627. The van der Waals surface area contributed by atoms with Crippen LogP contribution in [0.5, 0.6) is 0 Å². The molecule has 0 unspecified atom stereocenters. The normalized spacial score (nSPS) is 10.7. The topological polar surface area (TPSA) is 37.8 Å². The molecule has 0 aliphatic heterocycles. The van der Waals surface area contributed by atoms with Crippen molar-refractivity contribution in [2.75, 3.05) is 11.9 Å². The highest BCUT2D eigenvalue weighted by molar-refractivity contribution is 9.10. The molecule has 0 fully saturated rings. The minimum absolute atomic E-state index is 0.347. The number of halogens is 3. The second kappa shape index (κ2) is 6.50. The van der Waals surface area contributed by atoms with Gasteiger partial charge in [-0.2, -0.15) is 0 Å². The van der Waals surface area contributed by atoms with Gasteiger partial charge in [-0.25, -0.2) is 14.4 Å². The first kappa shape index (κ1) is 15.2. The number of hydrogen-bond donors (Lipinski definition) is 1. The summed E-state index contributed by atoms with van der Waals surface area (Å²) in [6, 6.07) is 4.34. The zero-order valence-electron chi connectivity index (χ0n) is 11.2. The smallest absolute Gasteiger partial charge is 0.144 e. The van der Waals surface area contributed by atoms with Crippen molar-refractivity contribution in [1.29, 1.82) is 0 Å². The third-order valence-electron chi connectivity index (χ3n) is 2.77. The summed E-state index contributed by atoms with van der Waals surface area (Å²) in [7, 11) is 0. The monoisotopic (exact) mass is 357 g/mol. The quantitative estimate of drug-likeness (QED) is 0.882. The van der Waals surface area contributed by atoms with Gasteiger partial charge in [-0.1, -0.05) is 17.7 Å². The zero-order chi connectivity index (χ0) is 14.7. The second-order valence-corrected chi connectivity index (χ2v) is 5.53. The second-order valence-electron chi connectivity index (χ2n) is 4.33.